The van der Waals surface area contributed by atoms with Crippen LogP contribution in [0.3, 0.4) is 0 Å². The van der Waals surface area contributed by atoms with Crippen molar-refractivity contribution >= 4 is 68.7 Å². The summed E-state index contributed by atoms with van der Waals surface area (Å²) < 4.78 is 297. The minimum absolute atomic E-state index is 0. The molecule has 0 atom stereocenters. The van der Waals surface area contributed by atoms with Crippen molar-refractivity contribution in [3.8, 4) is 11.5 Å². The zero-order chi connectivity index (χ0) is 71.3. The fraction of sp³-hybridized carbons (Fsp3) is 0.154. The van der Waals surface area contributed by atoms with Crippen LogP contribution in [0.15, 0.2) is 167 Å². The molecule has 516 valence electrons. The van der Waals surface area contributed by atoms with E-state index < -0.39 is 120 Å². The van der Waals surface area contributed by atoms with E-state index in [1.54, 1.807) is 61.0 Å². The first-order valence-electron chi connectivity index (χ1n) is 22.7. The molecular weight excluding hydrogens is 1660 g/mol. The second-order valence-electron chi connectivity index (χ2n) is 16.1. The van der Waals surface area contributed by atoms with Gasteiger partial charge >= 0.3 is 125 Å². The summed E-state index contributed by atoms with van der Waals surface area (Å²) in [5.74, 6) is -23.4. The molecule has 6 rings (SSSR count). The second-order valence-corrected chi connectivity index (χ2v) is 16.1. The smallest absolute Gasteiger partial charge is 0.871 e. The number of fused-ring (bicyclic) bond motifs is 2. The first kappa shape index (κ1) is 88.2. The van der Waals surface area contributed by atoms with E-state index in [9.17, 15) is 164 Å². The number of alkyl halides is 24. The van der Waals surface area contributed by atoms with E-state index in [1.165, 1.54) is 36.4 Å². The first-order chi connectivity index (χ1) is 41.6. The van der Waals surface area contributed by atoms with Crippen LogP contribution in [-0.4, -0.2) is 94.9 Å². The Morgan fingerprint density at radius 2 is 0.553 bits per heavy atom. The normalized spacial score (nSPS) is 12.8. The van der Waals surface area contributed by atoms with Crippen LogP contribution in [-0.2, 0) is 19.2 Å². The minimum atomic E-state index is -5.46. The Kier molecular flexibility index (Phi) is 34.5. The maximum Gasteiger partial charge on any atom is 3.00 e. The van der Waals surface area contributed by atoms with Crippen LogP contribution in [0, 0.1) is 87.1 Å². The minimum Gasteiger partial charge on any atom is -0.871 e. The third kappa shape index (κ3) is 33.3. The number of ketones is 4. The van der Waals surface area contributed by atoms with Gasteiger partial charge in [-0.05, 0) is 119 Å². The molecule has 2 aromatic heterocycles. The number of allylic oxidation sites excluding steroid dienone is 8. The number of carbonyl (C=O) groups excluding carboxylic acids is 4. The number of aliphatic imine (C=N–C) groups is 2. The van der Waals surface area contributed by atoms with Gasteiger partial charge in [0.25, 0.3) is 23.1 Å². The Bertz CT molecular complexity index is 3360. The Labute approximate surface area is 564 Å². The van der Waals surface area contributed by atoms with E-state index in [-0.39, 0.29) is 98.6 Å². The molecule has 14 nitrogen and oxygen atoms in total. The molecule has 0 aliphatic rings. The van der Waals surface area contributed by atoms with Gasteiger partial charge in [-0.1, -0.05) is 60.0 Å². The molecule has 0 amide bonds. The van der Waals surface area contributed by atoms with Crippen LogP contribution in [0.4, 0.5) is 126 Å². The molecule has 2 heterocycles. The predicted molar refractivity (Wildman–Crippen MR) is 250 cm³/mol. The third-order valence-corrected chi connectivity index (χ3v) is 9.04. The van der Waals surface area contributed by atoms with Gasteiger partial charge in [-0.25, -0.2) is 18.7 Å². The molecule has 0 spiro atoms. The van der Waals surface area contributed by atoms with Crippen LogP contribution in [0.5, 0.6) is 11.5 Å². The van der Waals surface area contributed by atoms with Crippen molar-refractivity contribution in [1.29, 1.82) is 0 Å². The van der Waals surface area contributed by atoms with Crippen molar-refractivity contribution in [3.05, 3.63) is 180 Å². The quantitative estimate of drug-likeness (QED) is 0.0453. The van der Waals surface area contributed by atoms with E-state index in [2.05, 4.69) is 20.0 Å². The molecular formula is C52H24F26Ho2N4O10. The molecule has 0 unspecified atom stereocenters. The summed E-state index contributed by atoms with van der Waals surface area (Å²) in [6.45, 7) is 0. The molecule has 4 aromatic carbocycles. The van der Waals surface area contributed by atoms with Crippen molar-refractivity contribution in [1.82, 2.24) is 9.97 Å². The van der Waals surface area contributed by atoms with E-state index in [0.29, 0.717) is 33.8 Å². The van der Waals surface area contributed by atoms with Gasteiger partial charge in [-0.15, -0.1) is 0 Å². The van der Waals surface area contributed by atoms with Crippen molar-refractivity contribution in [3.63, 3.8) is 0 Å². The van der Waals surface area contributed by atoms with Crippen molar-refractivity contribution in [2.24, 2.45) is 9.98 Å². The molecule has 0 saturated heterocycles. The molecule has 0 aliphatic carbocycles. The molecule has 0 N–H and O–H groups in total. The number of halogens is 26. The maximum atomic E-state index is 12.8. The van der Waals surface area contributed by atoms with Crippen molar-refractivity contribution in [2.75, 3.05) is 0 Å². The third-order valence-electron chi connectivity index (χ3n) is 9.04. The number of aromatic nitrogens is 2. The van der Waals surface area contributed by atoms with E-state index in [4.69, 9.17) is 0 Å². The molecule has 0 saturated carbocycles. The van der Waals surface area contributed by atoms with E-state index in [0.717, 1.165) is 10.8 Å². The molecule has 0 fully saturated rings. The Morgan fingerprint density at radius 1 is 0.330 bits per heavy atom. The Morgan fingerprint density at radius 3 is 0.755 bits per heavy atom. The topological polar surface area (TPSA) is 257 Å². The van der Waals surface area contributed by atoms with Gasteiger partial charge < -0.3 is 30.6 Å². The van der Waals surface area contributed by atoms with Gasteiger partial charge in [-0.2, -0.15) is 105 Å². The van der Waals surface area contributed by atoms with Crippen molar-refractivity contribution < 1.29 is 239 Å². The average molecular weight is 1690 g/mol. The summed E-state index contributed by atoms with van der Waals surface area (Å²) in [5.41, 5.74) is 3.29. The SMILES string of the molecule is O=C(/C=C(\[O-])C(F)(F)F)C(F)(F)F.O=C(/C=C(\[O-])C(F)(F)F)C(F)(F)F.O=C(/C=C(\[O-])C(F)(F)F)C(F)(F)F.O=C(/C=C(\[O-])C(F)(F)F)C(F)(F)F.[Ho+3].[Ho+3].[O-]c1cccc2ccc(C=Nc3ccc(F)cc3)nc12.[O-]c1cccc2ccc(C=Nc3ccc(F)cc3)nc12. The monoisotopic (exact) mass is 1690 g/mol. The number of rotatable bonds is 8. The first-order valence-corrected chi connectivity index (χ1v) is 22.7. The van der Waals surface area contributed by atoms with Crippen LogP contribution in [0.25, 0.3) is 21.8 Å². The van der Waals surface area contributed by atoms with E-state index >= 15 is 0 Å². The molecule has 0 aliphatic heterocycles. The predicted octanol–water partition coefficient (Wildman–Crippen LogP) is 10.1. The number of hydrogen-bond acceptors (Lipinski definition) is 14. The summed E-state index contributed by atoms with van der Waals surface area (Å²) in [5, 5.41) is 64.3. The largest absolute Gasteiger partial charge is 3.00 e. The van der Waals surface area contributed by atoms with Crippen LogP contribution in [0.2, 0.25) is 0 Å². The number of carbonyl (C=O) groups is 4. The van der Waals surface area contributed by atoms with Gasteiger partial charge in [0.05, 0.1) is 46.2 Å². The van der Waals surface area contributed by atoms with E-state index in [1.807, 2.05) is 24.3 Å². The number of para-hydroxylation sites is 2. The molecule has 94 heavy (non-hydrogen) atoms. The number of benzene rings is 4. The molecule has 42 heteroatoms. The summed E-state index contributed by atoms with van der Waals surface area (Å²) in [6.07, 6.45) is -44.7. The van der Waals surface area contributed by atoms with Crippen LogP contribution < -0.4 is 30.6 Å². The van der Waals surface area contributed by atoms with Gasteiger partial charge in [0.2, 0.25) is 0 Å². The zero-order valence-corrected chi connectivity index (χ0v) is 48.0. The number of nitrogens with zero attached hydrogens (tertiary/aromatic N) is 4. The Hall–Kier alpha value is -7.82. The second kappa shape index (κ2) is 36.7. The number of pyridine rings is 2. The standard InChI is InChI=1S/2C16H11FN2O.4C5H2F6O2.2Ho/c2*17-12-5-8-13(9-6-12)18-10-14-7-4-11-2-1-3-15(20)16(11)19-14;4*6-4(7,8)2(12)1-3(13)5(9,10)11;;/h2*1-10,20H;4*1,12H;;/q;;;;;;2*+3/p-6/b;;4*2-1-;;. The van der Waals surface area contributed by atoms with Gasteiger partial charge in [0.1, 0.15) is 11.6 Å². The number of hydrogen-bond donors (Lipinski definition) is 0. The van der Waals surface area contributed by atoms with Gasteiger partial charge in [0.15, 0.2) is 0 Å². The van der Waals surface area contributed by atoms with Crippen molar-refractivity contribution in [2.45, 2.75) is 49.4 Å². The summed E-state index contributed by atoms with van der Waals surface area (Å²) in [4.78, 5) is 56.2. The summed E-state index contributed by atoms with van der Waals surface area (Å²) in [7, 11) is 0. The average Bonchev–Trinajstić information content (AvgIpc) is 0.837. The van der Waals surface area contributed by atoms with Gasteiger partial charge in [0, 0.05) is 0 Å². The van der Waals surface area contributed by atoms with Crippen LogP contribution in [0.1, 0.15) is 11.4 Å². The molecule has 6 aromatic rings. The summed E-state index contributed by atoms with van der Waals surface area (Å²) >= 11 is 0. The molecule has 0 radical (unpaired) electrons. The van der Waals surface area contributed by atoms with Gasteiger partial charge in [-0.3, -0.25) is 29.2 Å². The fourth-order valence-corrected chi connectivity index (χ4v) is 4.88. The summed E-state index contributed by atoms with van der Waals surface area (Å²) in [6, 6.07) is 29.0. The Balaban J connectivity index is 0. The fourth-order valence-electron chi connectivity index (χ4n) is 4.88. The maximum absolute atomic E-state index is 12.8. The van der Waals surface area contributed by atoms with Crippen LogP contribution >= 0.6 is 0 Å². The zero-order valence-electron chi connectivity index (χ0n) is 44.2. The molecule has 0 bridgehead atoms.